The van der Waals surface area contributed by atoms with Crippen molar-refractivity contribution >= 4 is 49.6 Å². The molecule has 77 heavy (non-hydrogen) atoms. The topological polar surface area (TPSA) is 8.17 Å². The highest BCUT2D eigenvalue weighted by Gasteiger charge is 2.57. The fourth-order valence-corrected chi connectivity index (χ4v) is 14.7. The smallest absolute Gasteiger partial charge is 0.0720 e. The van der Waals surface area contributed by atoms with E-state index in [1.807, 2.05) is 0 Å². The van der Waals surface area contributed by atoms with Gasteiger partial charge in [-0.05, 0) is 149 Å². The van der Waals surface area contributed by atoms with Crippen molar-refractivity contribution in [3.63, 3.8) is 0 Å². The Labute approximate surface area is 449 Å². The van der Waals surface area contributed by atoms with Crippen LogP contribution < -0.4 is 4.90 Å². The maximum atomic E-state index is 2.49. The molecule has 2 nitrogen and oxygen atoms in total. The number of hydrogen-bond acceptors (Lipinski definition) is 1. The second-order valence-corrected chi connectivity index (χ2v) is 21.9. The van der Waals surface area contributed by atoms with Crippen LogP contribution in [0, 0.1) is 0 Å². The van der Waals surface area contributed by atoms with E-state index in [-0.39, 0.29) is 5.41 Å². The van der Waals surface area contributed by atoms with E-state index in [2.05, 4.69) is 302 Å². The lowest BCUT2D eigenvalue weighted by Gasteiger charge is -2.49. The van der Waals surface area contributed by atoms with Gasteiger partial charge in [-0.1, -0.05) is 232 Å². The first-order valence-corrected chi connectivity index (χ1v) is 27.1. The molecule has 1 aromatic heterocycles. The summed E-state index contributed by atoms with van der Waals surface area (Å²) in [4.78, 5) is 2.49. The molecule has 0 fully saturated rings. The van der Waals surface area contributed by atoms with Crippen LogP contribution in [0.3, 0.4) is 0 Å². The monoisotopic (exact) mass is 980 g/mol. The van der Waals surface area contributed by atoms with Gasteiger partial charge in [0.15, 0.2) is 0 Å². The molecule has 362 valence electrons. The average molecular weight is 981 g/mol. The second kappa shape index (κ2) is 16.3. The normalized spacial score (nSPS) is 17.2. The molecule has 0 saturated heterocycles. The van der Waals surface area contributed by atoms with E-state index < -0.39 is 10.8 Å². The number of anilines is 3. The van der Waals surface area contributed by atoms with Crippen molar-refractivity contribution in [1.29, 1.82) is 0 Å². The van der Waals surface area contributed by atoms with Gasteiger partial charge < -0.3 is 9.47 Å². The molecule has 0 radical (unpaired) electrons. The molecule has 0 saturated carbocycles. The van der Waals surface area contributed by atoms with Gasteiger partial charge in [-0.3, -0.25) is 0 Å². The van der Waals surface area contributed by atoms with E-state index >= 15 is 0 Å². The first-order valence-electron chi connectivity index (χ1n) is 27.1. The number of aromatic nitrogens is 1. The summed E-state index contributed by atoms with van der Waals surface area (Å²) in [5.41, 5.74) is 23.9. The van der Waals surface area contributed by atoms with Gasteiger partial charge in [0.25, 0.3) is 0 Å². The largest absolute Gasteiger partial charge is 0.310 e. The highest BCUT2D eigenvalue weighted by Crippen LogP contribution is 2.66. The molecule has 12 aromatic carbocycles. The summed E-state index contributed by atoms with van der Waals surface area (Å²) in [6, 6.07) is 105. The van der Waals surface area contributed by atoms with Gasteiger partial charge in [0, 0.05) is 38.9 Å². The van der Waals surface area contributed by atoms with Crippen molar-refractivity contribution in [3.8, 4) is 27.9 Å². The van der Waals surface area contributed by atoms with Gasteiger partial charge in [0.2, 0.25) is 0 Å². The molecule has 0 N–H and O–H groups in total. The molecule has 3 aliphatic rings. The lowest BCUT2D eigenvalue weighted by Crippen LogP contribution is -2.44. The van der Waals surface area contributed by atoms with Gasteiger partial charge in [-0.25, -0.2) is 0 Å². The minimum absolute atomic E-state index is 0.171. The molecule has 0 amide bonds. The first-order chi connectivity index (χ1) is 38.0. The number of fused-ring (bicyclic) bond motifs is 12. The fourth-order valence-electron chi connectivity index (χ4n) is 14.7. The lowest BCUT2D eigenvalue weighted by molar-refractivity contribution is 0.626. The van der Waals surface area contributed by atoms with Crippen LogP contribution in [0.4, 0.5) is 17.1 Å². The summed E-state index contributed by atoms with van der Waals surface area (Å²) in [5, 5.41) is 4.90. The minimum Gasteiger partial charge on any atom is -0.310 e. The molecule has 3 aliphatic carbocycles. The molecule has 0 spiro atoms. The predicted molar refractivity (Wildman–Crippen MR) is 320 cm³/mol. The maximum absolute atomic E-state index is 2.49. The molecule has 1 heterocycles. The summed E-state index contributed by atoms with van der Waals surface area (Å²) in [5.74, 6) is 0. The quantitative estimate of drug-likeness (QED) is 0.154. The van der Waals surface area contributed by atoms with Gasteiger partial charge in [-0.2, -0.15) is 0 Å². The number of rotatable bonds is 7. The molecule has 13 aromatic rings. The second-order valence-electron chi connectivity index (χ2n) is 21.9. The molecule has 2 atom stereocenters. The van der Waals surface area contributed by atoms with Gasteiger partial charge in [0.1, 0.15) is 0 Å². The predicted octanol–water partition coefficient (Wildman–Crippen LogP) is 18.8. The van der Waals surface area contributed by atoms with Crippen LogP contribution in [-0.2, 0) is 16.2 Å². The van der Waals surface area contributed by atoms with E-state index in [9.17, 15) is 0 Å². The van der Waals surface area contributed by atoms with Crippen molar-refractivity contribution in [2.75, 3.05) is 4.90 Å². The van der Waals surface area contributed by atoms with E-state index in [0.717, 1.165) is 22.7 Å². The Hall–Kier alpha value is -9.50. The van der Waals surface area contributed by atoms with Crippen LogP contribution in [0.25, 0.3) is 60.5 Å². The SMILES string of the molecule is CC1(C)c2ccccc2-c2ccc(N(c3ccc(C4(c5ccccc5)c5ccccc5C5(c6ccccc6)c6ccccc6-c6cccc4c65)cc3)c3ccc4c(c3)c3ccccc3n4-c3ccc4ccccc4c3)cc21. The van der Waals surface area contributed by atoms with Gasteiger partial charge >= 0.3 is 0 Å². The van der Waals surface area contributed by atoms with Crippen molar-refractivity contribution in [2.24, 2.45) is 0 Å². The van der Waals surface area contributed by atoms with Gasteiger partial charge in [-0.15, -0.1) is 0 Å². The molecular weight excluding hydrogens is 929 g/mol. The molecule has 2 heteroatoms. The number of nitrogens with zero attached hydrogens (tertiary/aromatic N) is 2. The average Bonchev–Trinajstić information content (AvgIpc) is 4.25. The van der Waals surface area contributed by atoms with Crippen LogP contribution >= 0.6 is 0 Å². The van der Waals surface area contributed by atoms with Crippen LogP contribution in [-0.4, -0.2) is 4.57 Å². The van der Waals surface area contributed by atoms with E-state index in [1.165, 1.54) is 110 Å². The summed E-state index contributed by atoms with van der Waals surface area (Å²) in [7, 11) is 0. The third kappa shape index (κ3) is 5.90. The summed E-state index contributed by atoms with van der Waals surface area (Å²) in [6.45, 7) is 4.76. The molecule has 2 unspecified atom stereocenters. The Morgan fingerprint density at radius 1 is 0.299 bits per heavy atom. The summed E-state index contributed by atoms with van der Waals surface area (Å²) < 4.78 is 2.44. The Bertz CT molecular complexity index is 4540. The molecule has 0 aliphatic heterocycles. The molecule has 0 bridgehead atoms. The third-order valence-corrected chi connectivity index (χ3v) is 17.9. The first kappa shape index (κ1) is 43.9. The van der Waals surface area contributed by atoms with Gasteiger partial charge in [0.05, 0.1) is 21.9 Å². The highest BCUT2D eigenvalue weighted by atomic mass is 15.1. The van der Waals surface area contributed by atoms with E-state index in [1.54, 1.807) is 0 Å². The number of hydrogen-bond donors (Lipinski definition) is 0. The van der Waals surface area contributed by atoms with Crippen molar-refractivity contribution in [3.05, 3.63) is 335 Å². The standard InChI is InChI=1S/C75H52N2/c1-73(2)64-30-14-11-26-58(64)60-44-42-57(48-69(60)73)76(56-43-45-71-63(47-56)61-28-13-18-35-70(61)77(71)55-39-36-49-20-9-10-21-50(49)46-55)54-40-37-53(38-41-54)74(51-22-5-3-6-23-51)66-32-16-17-33-67(66)75(52-24-7-4-8-25-52)65-31-15-12-27-59(65)62-29-19-34-68(74)72(62)75/h3-48H,1-2H3. The summed E-state index contributed by atoms with van der Waals surface area (Å²) >= 11 is 0. The van der Waals surface area contributed by atoms with Crippen LogP contribution in [0.15, 0.2) is 279 Å². The zero-order valence-corrected chi connectivity index (χ0v) is 43.0. The molecular formula is C75H52N2. The highest BCUT2D eigenvalue weighted by molar-refractivity contribution is 6.11. The Balaban J connectivity index is 0.930. The van der Waals surface area contributed by atoms with Crippen molar-refractivity contribution in [2.45, 2.75) is 30.1 Å². The summed E-state index contributed by atoms with van der Waals surface area (Å²) in [6.07, 6.45) is 0. The molecule has 16 rings (SSSR count). The lowest BCUT2D eigenvalue weighted by atomic mass is 9.52. The van der Waals surface area contributed by atoms with Crippen LogP contribution in [0.1, 0.15) is 69.5 Å². The Morgan fingerprint density at radius 2 is 0.818 bits per heavy atom. The minimum atomic E-state index is -0.653. The zero-order valence-electron chi connectivity index (χ0n) is 43.0. The van der Waals surface area contributed by atoms with Crippen molar-refractivity contribution in [1.82, 2.24) is 4.57 Å². The Kier molecular flexibility index (Phi) is 9.26. The van der Waals surface area contributed by atoms with Crippen LogP contribution in [0.2, 0.25) is 0 Å². The Morgan fingerprint density at radius 3 is 1.58 bits per heavy atom. The third-order valence-electron chi connectivity index (χ3n) is 17.9. The van der Waals surface area contributed by atoms with Crippen LogP contribution in [0.5, 0.6) is 0 Å². The van der Waals surface area contributed by atoms with E-state index in [0.29, 0.717) is 0 Å². The number of benzene rings is 12. The fraction of sp³-hybridized carbons (Fsp3) is 0.0667. The van der Waals surface area contributed by atoms with E-state index in [4.69, 9.17) is 0 Å². The zero-order chi connectivity index (χ0) is 51.0. The number of para-hydroxylation sites is 1. The maximum Gasteiger partial charge on any atom is 0.0720 e. The van der Waals surface area contributed by atoms with Crippen molar-refractivity contribution < 1.29 is 0 Å².